The van der Waals surface area contributed by atoms with Crippen molar-refractivity contribution in [2.75, 3.05) is 0 Å². The number of carbonyl (C=O) groups is 1. The second-order valence-electron chi connectivity index (χ2n) is 8.65. The lowest BCUT2D eigenvalue weighted by Crippen LogP contribution is -2.39. The van der Waals surface area contributed by atoms with Gasteiger partial charge in [-0.1, -0.05) is 42.5 Å². The van der Waals surface area contributed by atoms with Gasteiger partial charge in [0.05, 0.1) is 23.1 Å². The summed E-state index contributed by atoms with van der Waals surface area (Å²) < 4.78 is 16.9. The lowest BCUT2D eigenvalue weighted by Gasteiger charge is -2.15. The topological polar surface area (TPSA) is 61.1 Å². The fraction of sp³-hybridized carbons (Fsp3) is 0.222. The molecule has 6 heteroatoms. The minimum Gasteiger partial charge on any atom is -0.299 e. The molecule has 1 heterocycles. The van der Waals surface area contributed by atoms with Crippen LogP contribution in [-0.4, -0.2) is 14.9 Å². The van der Waals surface area contributed by atoms with E-state index in [-0.39, 0.29) is 12.3 Å². The molecule has 0 spiro atoms. The molecule has 0 aliphatic heterocycles. The third-order valence-corrected chi connectivity index (χ3v) is 6.15. The molecule has 1 aliphatic rings. The van der Waals surface area contributed by atoms with Crippen LogP contribution >= 0.6 is 0 Å². The second-order valence-corrected chi connectivity index (χ2v) is 8.65. The molecule has 33 heavy (non-hydrogen) atoms. The number of nitrogens with zero attached hydrogens (tertiary/aromatic N) is 2. The smallest absolute Gasteiger partial charge is 0.299 e. The monoisotopic (exact) mass is 442 g/mol. The maximum absolute atomic E-state index is 14.3. The average Bonchev–Trinajstić information content (AvgIpc) is 3.63. The van der Waals surface area contributed by atoms with E-state index in [9.17, 15) is 18.8 Å². The lowest BCUT2D eigenvalue weighted by atomic mass is 10.0. The summed E-state index contributed by atoms with van der Waals surface area (Å²) in [5, 5.41) is 0.372. The minimum atomic E-state index is -0.542. The normalized spacial score (nSPS) is 13.4. The SMILES string of the molecule is O=C(Cc1ccc(-n2c(=O)c3ccccc3n(Cc3ccccc3F)c2=O)cc1)CC1CC1. The van der Waals surface area contributed by atoms with Crippen molar-refractivity contribution in [3.63, 3.8) is 0 Å². The Labute approximate surface area is 189 Å². The molecule has 1 aliphatic carbocycles. The van der Waals surface area contributed by atoms with E-state index >= 15 is 0 Å². The Morgan fingerprint density at radius 2 is 1.61 bits per heavy atom. The van der Waals surface area contributed by atoms with Gasteiger partial charge in [-0.2, -0.15) is 0 Å². The summed E-state index contributed by atoms with van der Waals surface area (Å²) in [4.78, 5) is 38.9. The number of Topliss-reactive ketones (excluding diaryl/α,β-unsaturated/α-hetero) is 1. The third-order valence-electron chi connectivity index (χ3n) is 6.15. The molecule has 0 amide bonds. The molecule has 0 unspecified atom stereocenters. The number of aromatic nitrogens is 2. The third kappa shape index (κ3) is 4.29. The minimum absolute atomic E-state index is 0.0000516. The van der Waals surface area contributed by atoms with Crippen LogP contribution in [0.3, 0.4) is 0 Å². The molecule has 4 aromatic rings. The first-order valence-electron chi connectivity index (χ1n) is 11.1. The molecule has 1 saturated carbocycles. The van der Waals surface area contributed by atoms with Crippen molar-refractivity contribution >= 4 is 16.7 Å². The van der Waals surface area contributed by atoms with Crippen molar-refractivity contribution in [3.8, 4) is 5.69 Å². The van der Waals surface area contributed by atoms with E-state index in [4.69, 9.17) is 0 Å². The maximum atomic E-state index is 14.3. The van der Waals surface area contributed by atoms with Crippen molar-refractivity contribution in [1.29, 1.82) is 0 Å². The molecule has 1 aromatic heterocycles. The van der Waals surface area contributed by atoms with Crippen LogP contribution in [0.25, 0.3) is 16.6 Å². The van der Waals surface area contributed by atoms with Gasteiger partial charge in [0.25, 0.3) is 5.56 Å². The summed E-state index contributed by atoms with van der Waals surface area (Å²) in [6.45, 7) is 0.0000516. The summed E-state index contributed by atoms with van der Waals surface area (Å²) >= 11 is 0. The van der Waals surface area contributed by atoms with Gasteiger partial charge < -0.3 is 0 Å². The molecule has 0 atom stereocenters. The van der Waals surface area contributed by atoms with E-state index in [2.05, 4.69) is 0 Å². The molecule has 0 bridgehead atoms. The number of carbonyl (C=O) groups excluding carboxylic acids is 1. The molecule has 1 fully saturated rings. The molecule has 166 valence electrons. The first-order chi connectivity index (χ1) is 16.0. The lowest BCUT2D eigenvalue weighted by molar-refractivity contribution is -0.118. The number of halogens is 1. The predicted molar refractivity (Wildman–Crippen MR) is 125 cm³/mol. The van der Waals surface area contributed by atoms with Crippen LogP contribution in [0.2, 0.25) is 0 Å². The van der Waals surface area contributed by atoms with E-state index in [1.165, 1.54) is 10.6 Å². The maximum Gasteiger partial charge on any atom is 0.336 e. The second kappa shape index (κ2) is 8.62. The van der Waals surface area contributed by atoms with Gasteiger partial charge >= 0.3 is 5.69 Å². The Morgan fingerprint density at radius 3 is 2.33 bits per heavy atom. The van der Waals surface area contributed by atoms with Crippen molar-refractivity contribution in [2.45, 2.75) is 32.2 Å². The fourth-order valence-corrected chi connectivity index (χ4v) is 4.21. The molecule has 3 aromatic carbocycles. The number of hydrogen-bond donors (Lipinski definition) is 0. The van der Waals surface area contributed by atoms with Crippen LogP contribution in [-0.2, 0) is 17.8 Å². The predicted octanol–water partition coefficient (Wildman–Crippen LogP) is 4.25. The van der Waals surface area contributed by atoms with E-state index in [0.29, 0.717) is 40.9 Å². The van der Waals surface area contributed by atoms with Crippen molar-refractivity contribution in [2.24, 2.45) is 5.92 Å². The first-order valence-corrected chi connectivity index (χ1v) is 11.1. The van der Waals surface area contributed by atoms with Crippen LogP contribution < -0.4 is 11.2 Å². The van der Waals surface area contributed by atoms with Crippen molar-refractivity contribution < 1.29 is 9.18 Å². The van der Waals surface area contributed by atoms with Gasteiger partial charge in [-0.15, -0.1) is 0 Å². The van der Waals surface area contributed by atoms with Crippen molar-refractivity contribution in [3.05, 3.63) is 111 Å². The highest BCUT2D eigenvalue weighted by atomic mass is 19.1. The molecule has 0 radical (unpaired) electrons. The summed E-state index contributed by atoms with van der Waals surface area (Å²) in [6.07, 6.45) is 3.23. The zero-order chi connectivity index (χ0) is 22.9. The number of rotatable bonds is 7. The number of hydrogen-bond acceptors (Lipinski definition) is 3. The first kappa shape index (κ1) is 21.1. The van der Waals surface area contributed by atoms with Gasteiger partial charge in [-0.3, -0.25) is 14.2 Å². The van der Waals surface area contributed by atoms with Gasteiger partial charge in [0, 0.05) is 18.4 Å². The Bertz CT molecular complexity index is 1460. The van der Waals surface area contributed by atoms with Crippen LogP contribution in [0, 0.1) is 11.7 Å². The molecule has 5 nitrogen and oxygen atoms in total. The van der Waals surface area contributed by atoms with Gasteiger partial charge in [0.2, 0.25) is 0 Å². The Hall–Kier alpha value is -3.80. The van der Waals surface area contributed by atoms with Gasteiger partial charge in [0.1, 0.15) is 11.6 Å². The fourth-order valence-electron chi connectivity index (χ4n) is 4.21. The number of ketones is 1. The Balaban J connectivity index is 1.57. The summed E-state index contributed by atoms with van der Waals surface area (Å²) in [6, 6.07) is 20.1. The Kier molecular flexibility index (Phi) is 5.50. The quantitative estimate of drug-likeness (QED) is 0.430. The molecule has 0 N–H and O–H groups in total. The van der Waals surface area contributed by atoms with Crippen LogP contribution in [0.4, 0.5) is 4.39 Å². The molecular weight excluding hydrogens is 419 g/mol. The highest BCUT2D eigenvalue weighted by Gasteiger charge is 2.24. The van der Waals surface area contributed by atoms with Crippen LogP contribution in [0.5, 0.6) is 0 Å². The zero-order valence-corrected chi connectivity index (χ0v) is 18.0. The average molecular weight is 442 g/mol. The molecular formula is C27H23FN2O3. The van der Waals surface area contributed by atoms with E-state index in [1.807, 2.05) is 0 Å². The summed E-state index contributed by atoms with van der Waals surface area (Å²) in [7, 11) is 0. The number of para-hydroxylation sites is 1. The van der Waals surface area contributed by atoms with E-state index < -0.39 is 17.1 Å². The molecule has 0 saturated heterocycles. The van der Waals surface area contributed by atoms with Crippen LogP contribution in [0.15, 0.2) is 82.4 Å². The van der Waals surface area contributed by atoms with E-state index in [0.717, 1.165) is 23.0 Å². The van der Waals surface area contributed by atoms with Crippen LogP contribution in [0.1, 0.15) is 30.4 Å². The number of benzene rings is 3. The zero-order valence-electron chi connectivity index (χ0n) is 18.0. The number of fused-ring (bicyclic) bond motifs is 1. The van der Waals surface area contributed by atoms with Gasteiger partial charge in [0.15, 0.2) is 0 Å². The Morgan fingerprint density at radius 1 is 0.909 bits per heavy atom. The summed E-state index contributed by atoms with van der Waals surface area (Å²) in [5.74, 6) is 0.340. The van der Waals surface area contributed by atoms with Crippen molar-refractivity contribution in [1.82, 2.24) is 9.13 Å². The summed E-state index contributed by atoms with van der Waals surface area (Å²) in [5.41, 5.74) is 1.10. The highest BCUT2D eigenvalue weighted by Crippen LogP contribution is 2.32. The van der Waals surface area contributed by atoms with Gasteiger partial charge in [-0.25, -0.2) is 13.8 Å². The largest absolute Gasteiger partial charge is 0.336 e. The van der Waals surface area contributed by atoms with E-state index in [1.54, 1.807) is 66.7 Å². The van der Waals surface area contributed by atoms with Gasteiger partial charge in [-0.05, 0) is 54.7 Å². The molecule has 5 rings (SSSR count). The standard InChI is InChI=1S/C27H23FN2O3/c28-24-7-3-1-5-20(24)17-29-25-8-4-2-6-23(25)26(32)30(27(29)33)21-13-11-19(12-14-21)16-22(31)15-18-9-10-18/h1-8,11-14,18H,9-10,15-17H2. The highest BCUT2D eigenvalue weighted by molar-refractivity contribution is 5.81.